The van der Waals surface area contributed by atoms with Gasteiger partial charge in [-0.15, -0.1) is 0 Å². The summed E-state index contributed by atoms with van der Waals surface area (Å²) < 4.78 is 37.3. The van der Waals surface area contributed by atoms with Crippen molar-refractivity contribution in [2.24, 2.45) is 0 Å². The fraction of sp³-hybridized carbons (Fsp3) is 0.154. The van der Waals surface area contributed by atoms with E-state index in [4.69, 9.17) is 11.6 Å². The van der Waals surface area contributed by atoms with Crippen molar-refractivity contribution in [1.29, 1.82) is 0 Å². The molecule has 20 heavy (non-hydrogen) atoms. The molecule has 0 saturated heterocycles. The number of alkyl halides is 3. The van der Waals surface area contributed by atoms with Gasteiger partial charge in [-0.2, -0.15) is 13.2 Å². The van der Waals surface area contributed by atoms with Crippen LogP contribution in [0.1, 0.15) is 11.1 Å². The molecule has 0 radical (unpaired) electrons. The van der Waals surface area contributed by atoms with Gasteiger partial charge in [0.2, 0.25) is 0 Å². The van der Waals surface area contributed by atoms with Crippen LogP contribution in [0.3, 0.4) is 0 Å². The standard InChI is InChI=1S/C13H9ClF3NOS/c14-10-3-1-2-8(7-19)12(10)20-11-5-4-9(6-18-11)13(15,16)17/h1-6,19H,7H2. The van der Waals surface area contributed by atoms with Crippen LogP contribution in [0.15, 0.2) is 46.5 Å². The molecule has 0 aliphatic heterocycles. The number of aliphatic hydroxyl groups is 1. The molecule has 1 aromatic carbocycles. The van der Waals surface area contributed by atoms with Gasteiger partial charge in [-0.1, -0.05) is 35.5 Å². The minimum absolute atomic E-state index is 0.205. The van der Waals surface area contributed by atoms with Gasteiger partial charge >= 0.3 is 6.18 Å². The van der Waals surface area contributed by atoms with Gasteiger partial charge in [0.05, 0.1) is 17.2 Å². The highest BCUT2D eigenvalue weighted by atomic mass is 35.5. The zero-order valence-corrected chi connectivity index (χ0v) is 11.6. The van der Waals surface area contributed by atoms with Crippen LogP contribution in [0, 0.1) is 0 Å². The predicted octanol–water partition coefficient (Wildman–Crippen LogP) is 4.40. The first kappa shape index (κ1) is 15.2. The second kappa shape index (κ2) is 6.03. The summed E-state index contributed by atoms with van der Waals surface area (Å²) >= 11 is 7.14. The van der Waals surface area contributed by atoms with E-state index < -0.39 is 11.7 Å². The molecule has 0 aliphatic rings. The summed E-state index contributed by atoms with van der Waals surface area (Å²) in [6.45, 7) is -0.205. The van der Waals surface area contributed by atoms with Crippen LogP contribution in [0.5, 0.6) is 0 Å². The third kappa shape index (κ3) is 3.45. The lowest BCUT2D eigenvalue weighted by molar-refractivity contribution is -0.137. The summed E-state index contributed by atoms with van der Waals surface area (Å²) in [6, 6.07) is 7.27. The van der Waals surface area contributed by atoms with Crippen molar-refractivity contribution >= 4 is 23.4 Å². The maximum atomic E-state index is 12.4. The Morgan fingerprint density at radius 2 is 1.95 bits per heavy atom. The second-order valence-corrected chi connectivity index (χ2v) is 5.31. The van der Waals surface area contributed by atoms with Crippen LogP contribution in [-0.2, 0) is 12.8 Å². The van der Waals surface area contributed by atoms with Crippen molar-refractivity contribution in [2.45, 2.75) is 22.7 Å². The molecular weight excluding hydrogens is 311 g/mol. The van der Waals surface area contributed by atoms with E-state index in [2.05, 4.69) is 4.98 Å². The topological polar surface area (TPSA) is 33.1 Å². The molecule has 0 unspecified atom stereocenters. The molecule has 2 nitrogen and oxygen atoms in total. The van der Waals surface area contributed by atoms with Crippen molar-refractivity contribution in [3.63, 3.8) is 0 Å². The third-order valence-corrected chi connectivity index (χ3v) is 4.05. The average Bonchev–Trinajstić information content (AvgIpc) is 2.40. The Balaban J connectivity index is 2.27. The first-order valence-corrected chi connectivity index (χ1v) is 6.70. The van der Waals surface area contributed by atoms with E-state index in [1.54, 1.807) is 18.2 Å². The van der Waals surface area contributed by atoms with Gasteiger partial charge in [0.25, 0.3) is 0 Å². The van der Waals surface area contributed by atoms with Crippen LogP contribution < -0.4 is 0 Å². The largest absolute Gasteiger partial charge is 0.417 e. The Bertz CT molecular complexity index is 602. The van der Waals surface area contributed by atoms with Crippen LogP contribution in [0.2, 0.25) is 5.02 Å². The molecule has 0 fully saturated rings. The maximum absolute atomic E-state index is 12.4. The minimum Gasteiger partial charge on any atom is -0.392 e. The van der Waals surface area contributed by atoms with Gasteiger partial charge in [-0.25, -0.2) is 4.98 Å². The van der Waals surface area contributed by atoms with Crippen LogP contribution in [0.25, 0.3) is 0 Å². The SMILES string of the molecule is OCc1cccc(Cl)c1Sc1ccc(C(F)(F)F)cn1. The molecule has 7 heteroatoms. The molecule has 0 spiro atoms. The number of rotatable bonds is 3. The lowest BCUT2D eigenvalue weighted by Crippen LogP contribution is -2.05. The van der Waals surface area contributed by atoms with E-state index in [-0.39, 0.29) is 6.61 Å². The molecular formula is C13H9ClF3NOS. The lowest BCUT2D eigenvalue weighted by atomic mass is 10.2. The second-order valence-electron chi connectivity index (χ2n) is 3.87. The summed E-state index contributed by atoms with van der Waals surface area (Å²) in [7, 11) is 0. The summed E-state index contributed by atoms with van der Waals surface area (Å²) in [4.78, 5) is 4.35. The Morgan fingerprint density at radius 3 is 2.50 bits per heavy atom. The number of benzene rings is 1. The molecule has 0 bridgehead atoms. The van der Waals surface area contributed by atoms with Crippen molar-refractivity contribution in [1.82, 2.24) is 4.98 Å². The Hall–Kier alpha value is -1.24. The van der Waals surface area contributed by atoms with E-state index in [1.165, 1.54) is 6.07 Å². The Kier molecular flexibility index (Phi) is 4.57. The molecule has 2 rings (SSSR count). The van der Waals surface area contributed by atoms with Gasteiger partial charge < -0.3 is 5.11 Å². The van der Waals surface area contributed by atoms with E-state index in [9.17, 15) is 18.3 Å². The quantitative estimate of drug-likeness (QED) is 0.910. The van der Waals surface area contributed by atoms with Crippen molar-refractivity contribution in [3.05, 3.63) is 52.7 Å². The first-order valence-electron chi connectivity index (χ1n) is 5.51. The first-order chi connectivity index (χ1) is 9.41. The van der Waals surface area contributed by atoms with Crippen LogP contribution in [-0.4, -0.2) is 10.1 Å². The molecule has 106 valence electrons. The van der Waals surface area contributed by atoms with E-state index in [0.29, 0.717) is 20.5 Å². The molecule has 0 atom stereocenters. The van der Waals surface area contributed by atoms with Crippen molar-refractivity contribution in [3.8, 4) is 0 Å². The number of aromatic nitrogens is 1. The smallest absolute Gasteiger partial charge is 0.392 e. The number of hydrogen-bond donors (Lipinski definition) is 1. The average molecular weight is 320 g/mol. The Morgan fingerprint density at radius 1 is 1.20 bits per heavy atom. The number of hydrogen-bond acceptors (Lipinski definition) is 3. The predicted molar refractivity (Wildman–Crippen MR) is 70.7 cm³/mol. The number of pyridine rings is 1. The van der Waals surface area contributed by atoms with Crippen LogP contribution >= 0.6 is 23.4 Å². The van der Waals surface area contributed by atoms with E-state index in [1.807, 2.05) is 0 Å². The molecule has 1 N–H and O–H groups in total. The zero-order chi connectivity index (χ0) is 14.8. The molecule has 0 saturated carbocycles. The maximum Gasteiger partial charge on any atom is 0.417 e. The van der Waals surface area contributed by atoms with E-state index >= 15 is 0 Å². The Labute approximate surface area is 122 Å². The van der Waals surface area contributed by atoms with Gasteiger partial charge in [-0.3, -0.25) is 0 Å². The fourth-order valence-corrected chi connectivity index (χ4v) is 2.69. The van der Waals surface area contributed by atoms with Gasteiger partial charge in [0.15, 0.2) is 0 Å². The number of aliphatic hydroxyl groups excluding tert-OH is 1. The molecule has 1 aromatic heterocycles. The highest BCUT2D eigenvalue weighted by Gasteiger charge is 2.30. The monoisotopic (exact) mass is 319 g/mol. The number of halogens is 4. The molecule has 2 aromatic rings. The van der Waals surface area contributed by atoms with Crippen molar-refractivity contribution < 1.29 is 18.3 Å². The van der Waals surface area contributed by atoms with Gasteiger partial charge in [0, 0.05) is 11.1 Å². The van der Waals surface area contributed by atoms with Crippen LogP contribution in [0.4, 0.5) is 13.2 Å². The molecule has 0 amide bonds. The summed E-state index contributed by atoms with van der Waals surface area (Å²) in [5.74, 6) is 0. The molecule has 0 aliphatic carbocycles. The van der Waals surface area contributed by atoms with E-state index in [0.717, 1.165) is 24.0 Å². The van der Waals surface area contributed by atoms with Crippen molar-refractivity contribution in [2.75, 3.05) is 0 Å². The minimum atomic E-state index is -4.41. The van der Waals surface area contributed by atoms with Gasteiger partial charge in [-0.05, 0) is 23.8 Å². The molecule has 1 heterocycles. The number of nitrogens with zero attached hydrogens (tertiary/aromatic N) is 1. The normalized spacial score (nSPS) is 11.7. The fourth-order valence-electron chi connectivity index (χ4n) is 1.51. The highest BCUT2D eigenvalue weighted by molar-refractivity contribution is 7.99. The zero-order valence-electron chi connectivity index (χ0n) is 9.99. The summed E-state index contributed by atoms with van der Waals surface area (Å²) in [6.07, 6.45) is -3.63. The lowest BCUT2D eigenvalue weighted by Gasteiger charge is -2.10. The van der Waals surface area contributed by atoms with Gasteiger partial charge in [0.1, 0.15) is 5.03 Å². The highest BCUT2D eigenvalue weighted by Crippen LogP contribution is 2.36. The summed E-state index contributed by atoms with van der Waals surface area (Å²) in [5, 5.41) is 10.0. The summed E-state index contributed by atoms with van der Waals surface area (Å²) in [5.41, 5.74) is -0.201. The third-order valence-electron chi connectivity index (χ3n) is 2.49.